The molecule has 0 saturated heterocycles. The topological polar surface area (TPSA) is 51.4 Å². The molecule has 106 valence electrons. The minimum atomic E-state index is 0.650. The van der Waals surface area contributed by atoms with E-state index in [-0.39, 0.29) is 0 Å². The maximum atomic E-state index is 5.66. The number of aromatic nitrogens is 1. The molecule has 0 aliphatic rings. The van der Waals surface area contributed by atoms with Gasteiger partial charge >= 0.3 is 0 Å². The van der Waals surface area contributed by atoms with E-state index in [0.29, 0.717) is 6.54 Å². The van der Waals surface area contributed by atoms with Crippen LogP contribution in [0, 0.1) is 6.92 Å². The molecule has 1 aromatic carbocycles. The highest BCUT2D eigenvalue weighted by molar-refractivity contribution is 5.68. The zero-order chi connectivity index (χ0) is 14.4. The highest BCUT2D eigenvalue weighted by Crippen LogP contribution is 2.33. The number of methoxy groups -OCH3 is 1. The average molecular weight is 271 g/mol. The Morgan fingerprint density at radius 2 is 2.00 bits per heavy atom. The van der Waals surface area contributed by atoms with E-state index in [4.69, 9.17) is 10.5 Å². The summed E-state index contributed by atoms with van der Waals surface area (Å²) in [6.45, 7) is 3.53. The van der Waals surface area contributed by atoms with Gasteiger partial charge in [-0.25, -0.2) is 4.98 Å². The number of ether oxygens (including phenoxy) is 1. The molecule has 0 radical (unpaired) electrons. The maximum absolute atomic E-state index is 5.66. The van der Waals surface area contributed by atoms with Gasteiger partial charge in [0.05, 0.1) is 12.8 Å². The highest BCUT2D eigenvalue weighted by Gasteiger charge is 2.16. The lowest BCUT2D eigenvalue weighted by Crippen LogP contribution is -2.23. The van der Waals surface area contributed by atoms with E-state index >= 15 is 0 Å². The predicted molar refractivity (Wildman–Crippen MR) is 82.6 cm³/mol. The van der Waals surface area contributed by atoms with Crippen molar-refractivity contribution in [2.45, 2.75) is 13.3 Å². The fraction of sp³-hybridized carbons (Fsp3) is 0.312. The molecule has 4 nitrogen and oxygen atoms in total. The van der Waals surface area contributed by atoms with E-state index in [1.807, 2.05) is 36.5 Å². The van der Waals surface area contributed by atoms with Crippen molar-refractivity contribution in [3.63, 3.8) is 0 Å². The van der Waals surface area contributed by atoms with Gasteiger partial charge in [-0.05, 0) is 43.7 Å². The molecule has 0 bridgehead atoms. The second kappa shape index (κ2) is 6.91. The summed E-state index contributed by atoms with van der Waals surface area (Å²) >= 11 is 0. The van der Waals surface area contributed by atoms with E-state index in [9.17, 15) is 0 Å². The lowest BCUT2D eigenvalue weighted by atomic mass is 10.2. The van der Waals surface area contributed by atoms with E-state index in [1.54, 1.807) is 7.11 Å². The Bertz CT molecular complexity index is 557. The van der Waals surface area contributed by atoms with Crippen molar-refractivity contribution in [3.8, 4) is 5.75 Å². The van der Waals surface area contributed by atoms with E-state index < -0.39 is 0 Å². The Morgan fingerprint density at radius 3 is 2.70 bits per heavy atom. The first-order chi connectivity index (χ1) is 9.77. The molecule has 0 saturated carbocycles. The van der Waals surface area contributed by atoms with Crippen molar-refractivity contribution in [1.29, 1.82) is 0 Å². The number of aryl methyl sites for hydroxylation is 1. The summed E-state index contributed by atoms with van der Waals surface area (Å²) in [7, 11) is 1.69. The van der Waals surface area contributed by atoms with E-state index in [0.717, 1.165) is 35.8 Å². The van der Waals surface area contributed by atoms with Crippen LogP contribution in [0.3, 0.4) is 0 Å². The summed E-state index contributed by atoms with van der Waals surface area (Å²) in [5.74, 6) is 1.79. The summed E-state index contributed by atoms with van der Waals surface area (Å²) in [5.41, 5.74) is 7.82. The molecule has 2 aromatic rings. The van der Waals surface area contributed by atoms with Crippen LogP contribution in [0.25, 0.3) is 0 Å². The van der Waals surface area contributed by atoms with Gasteiger partial charge in [-0.15, -0.1) is 0 Å². The smallest absolute Gasteiger partial charge is 0.142 e. The van der Waals surface area contributed by atoms with Gasteiger partial charge in [-0.3, -0.25) is 0 Å². The number of hydrogen-bond donors (Lipinski definition) is 1. The SMILES string of the molecule is COc1ccccc1N(CCCN)c1ncccc1C. The van der Waals surface area contributed by atoms with Crippen LogP contribution in [0.4, 0.5) is 11.5 Å². The van der Waals surface area contributed by atoms with Crippen LogP contribution in [0.2, 0.25) is 0 Å². The van der Waals surface area contributed by atoms with Crippen LogP contribution in [-0.2, 0) is 0 Å². The molecule has 0 aliphatic carbocycles. The summed E-state index contributed by atoms with van der Waals surface area (Å²) in [5, 5.41) is 0. The summed E-state index contributed by atoms with van der Waals surface area (Å²) in [6.07, 6.45) is 2.71. The quantitative estimate of drug-likeness (QED) is 0.877. The van der Waals surface area contributed by atoms with Gasteiger partial charge in [0.2, 0.25) is 0 Å². The van der Waals surface area contributed by atoms with Crippen molar-refractivity contribution >= 4 is 11.5 Å². The normalized spacial score (nSPS) is 10.3. The molecule has 2 N–H and O–H groups in total. The number of rotatable bonds is 6. The lowest BCUT2D eigenvalue weighted by Gasteiger charge is -2.26. The van der Waals surface area contributed by atoms with Crippen molar-refractivity contribution < 1.29 is 4.74 Å². The summed E-state index contributed by atoms with van der Waals surface area (Å²) in [4.78, 5) is 6.68. The van der Waals surface area contributed by atoms with Crippen molar-refractivity contribution in [3.05, 3.63) is 48.2 Å². The molecular formula is C16H21N3O. The van der Waals surface area contributed by atoms with Gasteiger partial charge in [0.15, 0.2) is 0 Å². The van der Waals surface area contributed by atoms with Gasteiger partial charge in [-0.1, -0.05) is 18.2 Å². The molecule has 0 fully saturated rings. The zero-order valence-electron chi connectivity index (χ0n) is 12.0. The first kappa shape index (κ1) is 14.3. The fourth-order valence-corrected chi connectivity index (χ4v) is 2.20. The van der Waals surface area contributed by atoms with Gasteiger partial charge < -0.3 is 15.4 Å². The predicted octanol–water partition coefficient (Wildman–Crippen LogP) is 2.89. The number of benzene rings is 1. The molecular weight excluding hydrogens is 250 g/mol. The zero-order valence-corrected chi connectivity index (χ0v) is 12.0. The van der Waals surface area contributed by atoms with Crippen LogP contribution < -0.4 is 15.4 Å². The third-order valence-electron chi connectivity index (χ3n) is 3.20. The standard InChI is InChI=1S/C16H21N3O/c1-13-7-5-11-18-16(13)19(12-6-10-17)14-8-3-4-9-15(14)20-2/h3-5,7-9,11H,6,10,12,17H2,1-2H3. The summed E-state index contributed by atoms with van der Waals surface area (Å²) in [6, 6.07) is 12.0. The van der Waals surface area contributed by atoms with Crippen LogP contribution in [0.5, 0.6) is 5.75 Å². The van der Waals surface area contributed by atoms with Crippen LogP contribution >= 0.6 is 0 Å². The number of nitrogens with two attached hydrogens (primary N) is 1. The first-order valence-electron chi connectivity index (χ1n) is 6.80. The van der Waals surface area contributed by atoms with Gasteiger partial charge in [0.25, 0.3) is 0 Å². The molecule has 0 spiro atoms. The number of anilines is 2. The van der Waals surface area contributed by atoms with Crippen LogP contribution in [-0.4, -0.2) is 25.2 Å². The molecule has 4 heteroatoms. The van der Waals surface area contributed by atoms with Crippen molar-refractivity contribution in [1.82, 2.24) is 4.98 Å². The lowest BCUT2D eigenvalue weighted by molar-refractivity contribution is 0.415. The summed E-state index contributed by atoms with van der Waals surface area (Å²) < 4.78 is 5.47. The molecule has 20 heavy (non-hydrogen) atoms. The fourth-order valence-electron chi connectivity index (χ4n) is 2.20. The van der Waals surface area contributed by atoms with Crippen molar-refractivity contribution in [2.75, 3.05) is 25.1 Å². The largest absolute Gasteiger partial charge is 0.495 e. The Hall–Kier alpha value is -2.07. The second-order valence-corrected chi connectivity index (χ2v) is 4.61. The Balaban J connectivity index is 2.44. The molecule has 2 rings (SSSR count). The molecule has 0 atom stereocenters. The molecule has 1 aromatic heterocycles. The number of pyridine rings is 1. The molecule has 0 amide bonds. The van der Waals surface area contributed by atoms with Crippen LogP contribution in [0.1, 0.15) is 12.0 Å². The third kappa shape index (κ3) is 3.08. The molecule has 0 aliphatic heterocycles. The van der Waals surface area contributed by atoms with E-state index in [1.165, 1.54) is 0 Å². The van der Waals surface area contributed by atoms with E-state index in [2.05, 4.69) is 22.9 Å². The van der Waals surface area contributed by atoms with Gasteiger partial charge in [0.1, 0.15) is 11.6 Å². The Kier molecular flexibility index (Phi) is 4.96. The van der Waals surface area contributed by atoms with Gasteiger partial charge in [0, 0.05) is 12.7 Å². The Morgan fingerprint density at radius 1 is 1.20 bits per heavy atom. The maximum Gasteiger partial charge on any atom is 0.142 e. The monoisotopic (exact) mass is 271 g/mol. The number of nitrogens with zero attached hydrogens (tertiary/aromatic N) is 2. The first-order valence-corrected chi connectivity index (χ1v) is 6.80. The number of hydrogen-bond acceptors (Lipinski definition) is 4. The Labute approximate surface area is 120 Å². The molecule has 1 heterocycles. The van der Waals surface area contributed by atoms with Gasteiger partial charge in [-0.2, -0.15) is 0 Å². The minimum Gasteiger partial charge on any atom is -0.495 e. The average Bonchev–Trinajstić information content (AvgIpc) is 2.49. The second-order valence-electron chi connectivity index (χ2n) is 4.61. The third-order valence-corrected chi connectivity index (χ3v) is 3.20. The molecule has 0 unspecified atom stereocenters. The minimum absolute atomic E-state index is 0.650. The van der Waals surface area contributed by atoms with Crippen LogP contribution in [0.15, 0.2) is 42.6 Å². The number of para-hydroxylation sites is 2. The van der Waals surface area contributed by atoms with Crippen molar-refractivity contribution in [2.24, 2.45) is 5.73 Å². The highest BCUT2D eigenvalue weighted by atomic mass is 16.5.